The molecule has 0 spiro atoms. The molecule has 1 aliphatic heterocycles. The Kier molecular flexibility index (Phi) is 4.72. The summed E-state index contributed by atoms with van der Waals surface area (Å²) in [5.41, 5.74) is 2.42. The van der Waals surface area contributed by atoms with Crippen molar-refractivity contribution < 1.29 is 19.2 Å². The van der Waals surface area contributed by atoms with Gasteiger partial charge in [0.25, 0.3) is 0 Å². The minimum Gasteiger partial charge on any atom is -0.507 e. The minimum absolute atomic E-state index is 0.0811. The highest BCUT2D eigenvalue weighted by atomic mass is 16.5. The van der Waals surface area contributed by atoms with Crippen LogP contribution in [0.3, 0.4) is 0 Å². The summed E-state index contributed by atoms with van der Waals surface area (Å²) >= 11 is 0. The van der Waals surface area contributed by atoms with Gasteiger partial charge >= 0.3 is 0 Å². The van der Waals surface area contributed by atoms with Gasteiger partial charge in [-0.3, -0.25) is 4.79 Å². The minimum atomic E-state index is -0.0811. The number of hydrogen-bond acceptors (Lipinski definition) is 4. The van der Waals surface area contributed by atoms with E-state index in [2.05, 4.69) is 13.8 Å². The van der Waals surface area contributed by atoms with Crippen molar-refractivity contribution in [3.63, 3.8) is 0 Å². The van der Waals surface area contributed by atoms with Crippen LogP contribution < -0.4 is 10.3 Å². The van der Waals surface area contributed by atoms with Crippen molar-refractivity contribution in [3.05, 3.63) is 64.5 Å². The number of hydrogen-bond donors (Lipinski definition) is 2. The zero-order valence-corrected chi connectivity index (χ0v) is 15.6. The molecule has 0 saturated carbocycles. The molecular formula is C22H24NO4+. The fourth-order valence-corrected chi connectivity index (χ4v) is 4.02. The van der Waals surface area contributed by atoms with Crippen LogP contribution in [0.4, 0.5) is 0 Å². The second-order valence-electron chi connectivity index (χ2n) is 7.38. The highest BCUT2D eigenvalue weighted by Gasteiger charge is 2.27. The Hall–Kier alpha value is -2.63. The van der Waals surface area contributed by atoms with Gasteiger partial charge in [0.2, 0.25) is 5.43 Å². The third-order valence-corrected chi connectivity index (χ3v) is 5.15. The molecular weight excluding hydrogens is 342 g/mol. The average molecular weight is 366 g/mol. The van der Waals surface area contributed by atoms with Crippen LogP contribution in [0.1, 0.15) is 19.4 Å². The summed E-state index contributed by atoms with van der Waals surface area (Å²) in [5, 5.41) is 10.9. The van der Waals surface area contributed by atoms with Crippen LogP contribution in [0.5, 0.6) is 5.75 Å². The van der Waals surface area contributed by atoms with Gasteiger partial charge in [-0.05, 0) is 31.5 Å². The second kappa shape index (κ2) is 7.18. The normalized spacial score (nSPS) is 22.8. The van der Waals surface area contributed by atoms with E-state index >= 15 is 0 Å². The summed E-state index contributed by atoms with van der Waals surface area (Å²) in [6.45, 7) is 6.42. The van der Waals surface area contributed by atoms with E-state index in [4.69, 9.17) is 9.15 Å². The van der Waals surface area contributed by atoms with Crippen LogP contribution in [-0.4, -0.2) is 30.4 Å². The Labute approximate surface area is 157 Å². The summed E-state index contributed by atoms with van der Waals surface area (Å²) in [6.07, 6.45) is 1.83. The first-order valence-electron chi connectivity index (χ1n) is 9.33. The number of aromatic hydroxyl groups is 1. The number of ether oxygens (including phenoxy) is 1. The molecule has 0 amide bonds. The Bertz CT molecular complexity index is 1000. The molecule has 2 N–H and O–H groups in total. The number of nitrogens with one attached hydrogen (secondary N) is 1. The number of fused-ring (bicyclic) bond motifs is 1. The lowest BCUT2D eigenvalue weighted by atomic mass is 10.0. The summed E-state index contributed by atoms with van der Waals surface area (Å²) in [4.78, 5) is 14.3. The van der Waals surface area contributed by atoms with E-state index in [0.29, 0.717) is 28.6 Å². The zero-order valence-electron chi connectivity index (χ0n) is 15.6. The van der Waals surface area contributed by atoms with Gasteiger partial charge in [0, 0.05) is 0 Å². The molecule has 4 rings (SSSR count). The van der Waals surface area contributed by atoms with E-state index in [9.17, 15) is 9.90 Å². The Morgan fingerprint density at radius 2 is 1.78 bits per heavy atom. The molecule has 1 fully saturated rings. The van der Waals surface area contributed by atoms with Crippen LogP contribution in [0.2, 0.25) is 0 Å². The van der Waals surface area contributed by atoms with Gasteiger partial charge in [-0.1, -0.05) is 30.3 Å². The fraction of sp³-hybridized carbons (Fsp3) is 0.318. The van der Waals surface area contributed by atoms with Gasteiger partial charge in [0.05, 0.1) is 16.5 Å². The summed E-state index contributed by atoms with van der Waals surface area (Å²) in [7, 11) is 0. The predicted octanol–water partition coefficient (Wildman–Crippen LogP) is 2.36. The van der Waals surface area contributed by atoms with Gasteiger partial charge in [-0.15, -0.1) is 0 Å². The molecule has 5 nitrogen and oxygen atoms in total. The van der Waals surface area contributed by atoms with Crippen LogP contribution in [0.25, 0.3) is 22.1 Å². The lowest BCUT2D eigenvalue weighted by Crippen LogP contribution is -3.14. The molecule has 0 bridgehead atoms. The Morgan fingerprint density at radius 3 is 2.48 bits per heavy atom. The number of quaternary nitrogens is 1. The lowest BCUT2D eigenvalue weighted by molar-refractivity contribution is -0.928. The van der Waals surface area contributed by atoms with Gasteiger partial charge in [0.1, 0.15) is 49.4 Å². The zero-order chi connectivity index (χ0) is 19.0. The molecule has 27 heavy (non-hydrogen) atoms. The number of benzene rings is 2. The third-order valence-electron chi connectivity index (χ3n) is 5.15. The first-order chi connectivity index (χ1) is 13.0. The Balaban J connectivity index is 1.76. The van der Waals surface area contributed by atoms with Gasteiger partial charge in [0.15, 0.2) is 0 Å². The molecule has 2 heterocycles. The van der Waals surface area contributed by atoms with Crippen molar-refractivity contribution in [3.8, 4) is 16.9 Å². The molecule has 1 aromatic heterocycles. The van der Waals surface area contributed by atoms with Crippen LogP contribution in [0, 0.1) is 0 Å². The van der Waals surface area contributed by atoms with E-state index in [1.807, 2.05) is 30.3 Å². The molecule has 0 radical (unpaired) electrons. The molecule has 5 heteroatoms. The van der Waals surface area contributed by atoms with Crippen LogP contribution >= 0.6 is 0 Å². The fourth-order valence-electron chi connectivity index (χ4n) is 4.02. The van der Waals surface area contributed by atoms with E-state index < -0.39 is 0 Å². The molecule has 0 aliphatic carbocycles. The van der Waals surface area contributed by atoms with Crippen LogP contribution in [-0.2, 0) is 11.3 Å². The van der Waals surface area contributed by atoms with Crippen LogP contribution in [0.15, 0.2) is 57.9 Å². The van der Waals surface area contributed by atoms with Crippen molar-refractivity contribution in [1.29, 1.82) is 0 Å². The van der Waals surface area contributed by atoms with Crippen molar-refractivity contribution in [2.24, 2.45) is 0 Å². The summed E-state index contributed by atoms with van der Waals surface area (Å²) < 4.78 is 11.7. The smallest absolute Gasteiger partial charge is 0.200 e. The highest BCUT2D eigenvalue weighted by Crippen LogP contribution is 2.27. The first-order valence-corrected chi connectivity index (χ1v) is 9.33. The maximum Gasteiger partial charge on any atom is 0.200 e. The largest absolute Gasteiger partial charge is 0.507 e. The number of rotatable bonds is 3. The van der Waals surface area contributed by atoms with Gasteiger partial charge in [-0.25, -0.2) is 0 Å². The van der Waals surface area contributed by atoms with E-state index in [-0.39, 0.29) is 23.4 Å². The monoisotopic (exact) mass is 366 g/mol. The number of phenols is 1. The molecule has 3 aromatic rings. The van der Waals surface area contributed by atoms with Gasteiger partial charge in [-0.2, -0.15) is 0 Å². The maximum absolute atomic E-state index is 13.0. The molecule has 2 unspecified atom stereocenters. The lowest BCUT2D eigenvalue weighted by Gasteiger charge is -2.32. The second-order valence-corrected chi connectivity index (χ2v) is 7.38. The molecule has 1 saturated heterocycles. The first kappa shape index (κ1) is 17.8. The number of phenolic OH excluding ortho intramolecular Hbond substituents is 1. The third kappa shape index (κ3) is 3.48. The maximum atomic E-state index is 13.0. The van der Waals surface area contributed by atoms with E-state index in [1.54, 1.807) is 12.1 Å². The van der Waals surface area contributed by atoms with Crippen molar-refractivity contribution in [2.75, 3.05) is 13.1 Å². The summed E-state index contributed by atoms with van der Waals surface area (Å²) in [5.74, 6) is 0.164. The SMILES string of the molecule is CC1C[NH+](Cc2c(O)ccc3c(=O)c(-c4ccccc4)coc23)CC(C)O1. The standard InChI is InChI=1S/C22H23NO4/c1-14-10-23(11-15(2)27-14)12-18-20(24)9-8-17-21(25)19(13-26-22(17)18)16-6-4-3-5-7-16/h3-9,13-15,24H,10-12H2,1-2H3/p+1. The number of morpholine rings is 1. The highest BCUT2D eigenvalue weighted by molar-refractivity contribution is 5.85. The molecule has 2 aromatic carbocycles. The molecule has 1 aliphatic rings. The van der Waals surface area contributed by atoms with E-state index in [0.717, 1.165) is 18.7 Å². The topological polar surface area (TPSA) is 64.1 Å². The van der Waals surface area contributed by atoms with Crippen molar-refractivity contribution >= 4 is 11.0 Å². The quantitative estimate of drug-likeness (QED) is 0.747. The Morgan fingerprint density at radius 1 is 1.07 bits per heavy atom. The molecule has 2 atom stereocenters. The molecule has 140 valence electrons. The van der Waals surface area contributed by atoms with Gasteiger partial charge < -0.3 is 19.2 Å². The average Bonchev–Trinajstić information content (AvgIpc) is 2.64. The predicted molar refractivity (Wildman–Crippen MR) is 104 cm³/mol. The summed E-state index contributed by atoms with van der Waals surface area (Å²) in [6, 6.07) is 12.7. The van der Waals surface area contributed by atoms with Crippen molar-refractivity contribution in [1.82, 2.24) is 0 Å². The van der Waals surface area contributed by atoms with E-state index in [1.165, 1.54) is 11.2 Å². The van der Waals surface area contributed by atoms with Crippen molar-refractivity contribution in [2.45, 2.75) is 32.6 Å².